The largest absolute Gasteiger partial charge is 0.373 e. The van der Waals surface area contributed by atoms with Crippen molar-refractivity contribution in [1.82, 2.24) is 14.9 Å². The summed E-state index contributed by atoms with van der Waals surface area (Å²) in [5.74, 6) is 0.0915. The number of carbonyl (C=O) groups is 1. The molecule has 1 aliphatic heterocycles. The van der Waals surface area contributed by atoms with Gasteiger partial charge in [-0.15, -0.1) is 0 Å². The van der Waals surface area contributed by atoms with Crippen LogP contribution in [0.25, 0.3) is 0 Å². The third-order valence-corrected chi connectivity index (χ3v) is 3.79. The predicted molar refractivity (Wildman–Crippen MR) is 82.0 cm³/mol. The van der Waals surface area contributed by atoms with E-state index in [4.69, 9.17) is 0 Å². The first-order valence-corrected chi connectivity index (χ1v) is 7.41. The van der Waals surface area contributed by atoms with Gasteiger partial charge in [0.05, 0.1) is 6.33 Å². The number of amides is 1. The van der Waals surface area contributed by atoms with E-state index in [2.05, 4.69) is 26.3 Å². The molecule has 0 bridgehead atoms. The second-order valence-corrected chi connectivity index (χ2v) is 5.36. The number of imidazole rings is 1. The molecule has 0 unspecified atom stereocenters. The van der Waals surface area contributed by atoms with E-state index >= 15 is 0 Å². The van der Waals surface area contributed by atoms with Gasteiger partial charge in [0.25, 0.3) is 0 Å². The molecule has 1 aliphatic rings. The van der Waals surface area contributed by atoms with E-state index in [0.29, 0.717) is 0 Å². The van der Waals surface area contributed by atoms with Gasteiger partial charge in [-0.05, 0) is 24.5 Å². The summed E-state index contributed by atoms with van der Waals surface area (Å²) in [7, 11) is 0. The van der Waals surface area contributed by atoms with Crippen molar-refractivity contribution in [3.63, 3.8) is 0 Å². The highest BCUT2D eigenvalue weighted by atomic mass is 16.2. The van der Waals surface area contributed by atoms with Crippen LogP contribution in [0.5, 0.6) is 0 Å². The Morgan fingerprint density at radius 2 is 2.29 bits per heavy atom. The molecule has 1 atom stereocenters. The van der Waals surface area contributed by atoms with Gasteiger partial charge in [-0.3, -0.25) is 4.79 Å². The zero-order valence-electron chi connectivity index (χ0n) is 12.0. The zero-order chi connectivity index (χ0) is 14.5. The molecule has 1 amide bonds. The number of aryl methyl sites for hydroxylation is 1. The molecule has 0 spiro atoms. The van der Waals surface area contributed by atoms with E-state index in [1.165, 1.54) is 5.56 Å². The van der Waals surface area contributed by atoms with E-state index in [9.17, 15) is 4.79 Å². The van der Waals surface area contributed by atoms with Crippen LogP contribution in [-0.4, -0.2) is 28.0 Å². The first-order chi connectivity index (χ1) is 10.3. The number of nitrogens with zero attached hydrogens (tertiary/aromatic N) is 2. The summed E-state index contributed by atoms with van der Waals surface area (Å²) in [6, 6.07) is 7.96. The zero-order valence-corrected chi connectivity index (χ0v) is 12.0. The van der Waals surface area contributed by atoms with Crippen molar-refractivity contribution in [1.29, 1.82) is 0 Å². The molecular formula is C16H20N4O. The van der Waals surface area contributed by atoms with Crippen molar-refractivity contribution in [2.24, 2.45) is 0 Å². The van der Waals surface area contributed by atoms with Gasteiger partial charge in [0, 0.05) is 37.6 Å². The lowest BCUT2D eigenvalue weighted by molar-refractivity contribution is -0.121. The van der Waals surface area contributed by atoms with E-state index in [0.717, 1.165) is 38.0 Å². The normalized spacial score (nSPS) is 16.3. The fourth-order valence-corrected chi connectivity index (χ4v) is 2.63. The third kappa shape index (κ3) is 3.42. The second-order valence-electron chi connectivity index (χ2n) is 5.36. The molecule has 1 aromatic heterocycles. The van der Waals surface area contributed by atoms with Crippen molar-refractivity contribution in [3.8, 4) is 0 Å². The monoisotopic (exact) mass is 284 g/mol. The number of aromatic nitrogens is 2. The minimum atomic E-state index is -0.129. The van der Waals surface area contributed by atoms with Crippen molar-refractivity contribution in [2.45, 2.75) is 31.8 Å². The van der Waals surface area contributed by atoms with E-state index in [-0.39, 0.29) is 11.9 Å². The van der Waals surface area contributed by atoms with Gasteiger partial charge in [-0.2, -0.15) is 0 Å². The lowest BCUT2D eigenvalue weighted by atomic mass is 10.1. The summed E-state index contributed by atoms with van der Waals surface area (Å²) in [4.78, 5) is 16.1. The molecule has 5 heteroatoms. The van der Waals surface area contributed by atoms with Crippen LogP contribution in [0.2, 0.25) is 0 Å². The number of carbonyl (C=O) groups excluding carboxylic acids is 1. The van der Waals surface area contributed by atoms with Crippen LogP contribution in [-0.2, 0) is 17.8 Å². The number of hydrogen-bond donors (Lipinski definition) is 2. The highest BCUT2D eigenvalue weighted by Gasteiger charge is 2.25. The van der Waals surface area contributed by atoms with Gasteiger partial charge in [0.1, 0.15) is 6.04 Å². The van der Waals surface area contributed by atoms with Crippen LogP contribution in [0.15, 0.2) is 43.0 Å². The van der Waals surface area contributed by atoms with Gasteiger partial charge in [-0.25, -0.2) is 4.98 Å². The van der Waals surface area contributed by atoms with E-state index in [1.807, 2.05) is 30.7 Å². The Bertz CT molecular complexity index is 569. The average molecular weight is 284 g/mol. The highest BCUT2D eigenvalue weighted by Crippen LogP contribution is 2.24. The molecule has 2 aromatic rings. The van der Waals surface area contributed by atoms with Crippen molar-refractivity contribution in [2.75, 3.05) is 11.9 Å². The van der Waals surface area contributed by atoms with Crippen LogP contribution in [0, 0.1) is 0 Å². The van der Waals surface area contributed by atoms with Crippen LogP contribution in [0.1, 0.15) is 18.4 Å². The number of para-hydroxylation sites is 1. The number of hydrogen-bond acceptors (Lipinski definition) is 3. The smallest absolute Gasteiger partial charge is 0.242 e. The minimum absolute atomic E-state index is 0.0915. The molecule has 1 aromatic carbocycles. The summed E-state index contributed by atoms with van der Waals surface area (Å²) in [5.41, 5.74) is 2.30. The summed E-state index contributed by atoms with van der Waals surface area (Å²) in [6.45, 7) is 1.67. The Morgan fingerprint density at radius 3 is 3.10 bits per heavy atom. The third-order valence-electron chi connectivity index (χ3n) is 3.79. The number of benzene rings is 1. The standard InChI is InChI=1S/C16H20N4O/c21-16(15-11-13-5-1-2-6-14(13)19-15)18-7-3-4-9-20-10-8-17-12-20/h1-2,5-6,8,10,12,15,19H,3-4,7,9,11H2,(H,18,21)/t15-/m0/s1. The van der Waals surface area contributed by atoms with Gasteiger partial charge >= 0.3 is 0 Å². The molecule has 0 radical (unpaired) electrons. The Morgan fingerprint density at radius 1 is 1.38 bits per heavy atom. The molecule has 3 rings (SSSR count). The number of unbranched alkanes of at least 4 members (excludes halogenated alkanes) is 1. The fraction of sp³-hybridized carbons (Fsp3) is 0.375. The first-order valence-electron chi connectivity index (χ1n) is 7.41. The van der Waals surface area contributed by atoms with Crippen molar-refractivity contribution in [3.05, 3.63) is 48.5 Å². The summed E-state index contributed by atoms with van der Waals surface area (Å²) in [6.07, 6.45) is 8.34. The Labute approximate surface area is 124 Å². The van der Waals surface area contributed by atoms with E-state index < -0.39 is 0 Å². The Hall–Kier alpha value is -2.30. The fourth-order valence-electron chi connectivity index (χ4n) is 2.63. The maximum absolute atomic E-state index is 12.1. The number of fused-ring (bicyclic) bond motifs is 1. The highest BCUT2D eigenvalue weighted by molar-refractivity contribution is 5.87. The number of rotatable bonds is 6. The van der Waals surface area contributed by atoms with E-state index in [1.54, 1.807) is 6.20 Å². The summed E-state index contributed by atoms with van der Waals surface area (Å²) in [5, 5.41) is 6.29. The summed E-state index contributed by atoms with van der Waals surface area (Å²) < 4.78 is 2.05. The minimum Gasteiger partial charge on any atom is -0.373 e. The predicted octanol–water partition coefficient (Wildman–Crippen LogP) is 1.82. The molecule has 2 N–H and O–H groups in total. The quantitative estimate of drug-likeness (QED) is 0.795. The second kappa shape index (κ2) is 6.43. The number of nitrogens with one attached hydrogen (secondary N) is 2. The van der Waals surface area contributed by atoms with Crippen LogP contribution < -0.4 is 10.6 Å². The van der Waals surface area contributed by atoms with Crippen LogP contribution in [0.4, 0.5) is 5.69 Å². The molecule has 110 valence electrons. The summed E-state index contributed by atoms with van der Waals surface area (Å²) >= 11 is 0. The lowest BCUT2D eigenvalue weighted by Gasteiger charge is -2.12. The van der Waals surface area contributed by atoms with Gasteiger partial charge in [0.2, 0.25) is 5.91 Å². The first kappa shape index (κ1) is 13.7. The molecule has 2 heterocycles. The topological polar surface area (TPSA) is 59.0 Å². The maximum atomic E-state index is 12.1. The van der Waals surface area contributed by atoms with Gasteiger partial charge < -0.3 is 15.2 Å². The SMILES string of the molecule is O=C(NCCCCn1ccnc1)[C@@H]1Cc2ccccc2N1. The maximum Gasteiger partial charge on any atom is 0.242 e. The Kier molecular flexibility index (Phi) is 4.19. The number of anilines is 1. The molecule has 0 saturated carbocycles. The molecule has 0 saturated heterocycles. The molecule has 21 heavy (non-hydrogen) atoms. The van der Waals surface area contributed by atoms with Crippen molar-refractivity contribution >= 4 is 11.6 Å². The van der Waals surface area contributed by atoms with Gasteiger partial charge in [-0.1, -0.05) is 18.2 Å². The van der Waals surface area contributed by atoms with Crippen LogP contribution in [0.3, 0.4) is 0 Å². The molecule has 0 fully saturated rings. The Balaban J connectivity index is 1.36. The van der Waals surface area contributed by atoms with Crippen molar-refractivity contribution < 1.29 is 4.79 Å². The molecular weight excluding hydrogens is 264 g/mol. The molecule has 0 aliphatic carbocycles. The average Bonchev–Trinajstić information content (AvgIpc) is 3.15. The van der Waals surface area contributed by atoms with Gasteiger partial charge in [0.15, 0.2) is 0 Å². The lowest BCUT2D eigenvalue weighted by Crippen LogP contribution is -2.38. The molecule has 5 nitrogen and oxygen atoms in total. The van der Waals surface area contributed by atoms with Crippen LogP contribution >= 0.6 is 0 Å².